The van der Waals surface area contributed by atoms with Gasteiger partial charge in [0.15, 0.2) is 0 Å². The SMILES string of the molecule is Cc1ccc(CN2CCC([C@@]3(Cc4ccccc4)NC(=O)N(CCc4ccccn4)C3=O)CC2)cc1C. The Morgan fingerprint density at radius 2 is 1.68 bits per heavy atom. The van der Waals surface area contributed by atoms with Gasteiger partial charge >= 0.3 is 6.03 Å². The summed E-state index contributed by atoms with van der Waals surface area (Å²) in [4.78, 5) is 35.4. The van der Waals surface area contributed by atoms with Crippen molar-refractivity contribution < 1.29 is 9.59 Å². The number of hydrogen-bond donors (Lipinski definition) is 1. The number of carbonyl (C=O) groups excluding carboxylic acids is 2. The van der Waals surface area contributed by atoms with Crippen molar-refractivity contribution in [2.75, 3.05) is 19.6 Å². The third-order valence-corrected chi connectivity index (χ3v) is 8.11. The fourth-order valence-electron chi connectivity index (χ4n) is 5.82. The molecule has 0 radical (unpaired) electrons. The number of imide groups is 1. The average molecular weight is 497 g/mol. The third-order valence-electron chi connectivity index (χ3n) is 8.11. The van der Waals surface area contributed by atoms with Gasteiger partial charge in [0.2, 0.25) is 0 Å². The number of aromatic nitrogens is 1. The lowest BCUT2D eigenvalue weighted by molar-refractivity contribution is -0.134. The summed E-state index contributed by atoms with van der Waals surface area (Å²) < 4.78 is 0. The number of amides is 3. The van der Waals surface area contributed by atoms with E-state index in [1.165, 1.54) is 21.6 Å². The summed E-state index contributed by atoms with van der Waals surface area (Å²) in [7, 11) is 0. The van der Waals surface area contributed by atoms with E-state index >= 15 is 0 Å². The predicted molar refractivity (Wildman–Crippen MR) is 145 cm³/mol. The molecule has 2 aliphatic rings. The zero-order valence-electron chi connectivity index (χ0n) is 21.8. The second-order valence-corrected chi connectivity index (χ2v) is 10.6. The molecule has 0 spiro atoms. The Labute approximate surface area is 219 Å². The maximum atomic E-state index is 14.0. The van der Waals surface area contributed by atoms with Crippen LogP contribution in [0.4, 0.5) is 4.79 Å². The molecule has 0 bridgehead atoms. The van der Waals surface area contributed by atoms with Crippen molar-refractivity contribution in [2.45, 2.75) is 51.6 Å². The minimum atomic E-state index is -0.908. The summed E-state index contributed by atoms with van der Waals surface area (Å²) in [6.45, 7) is 7.37. The van der Waals surface area contributed by atoms with Gasteiger partial charge in [-0.05, 0) is 80.1 Å². The minimum Gasteiger partial charge on any atom is -0.322 e. The number of urea groups is 1. The Morgan fingerprint density at radius 3 is 2.38 bits per heavy atom. The molecule has 3 aromatic rings. The van der Waals surface area contributed by atoms with Crippen LogP contribution < -0.4 is 5.32 Å². The molecule has 3 heterocycles. The van der Waals surface area contributed by atoms with Crippen molar-refractivity contribution in [3.8, 4) is 0 Å². The van der Waals surface area contributed by atoms with Crippen LogP contribution in [0.2, 0.25) is 0 Å². The number of rotatable bonds is 8. The van der Waals surface area contributed by atoms with Gasteiger partial charge < -0.3 is 5.32 Å². The number of hydrogen-bond acceptors (Lipinski definition) is 4. The van der Waals surface area contributed by atoms with Crippen molar-refractivity contribution >= 4 is 11.9 Å². The molecule has 1 N–H and O–H groups in total. The van der Waals surface area contributed by atoms with Gasteiger partial charge in [0, 0.05) is 37.8 Å². The van der Waals surface area contributed by atoms with Crippen LogP contribution in [0, 0.1) is 19.8 Å². The summed E-state index contributed by atoms with van der Waals surface area (Å²) in [6, 6.07) is 22.2. The molecule has 6 nitrogen and oxygen atoms in total. The maximum Gasteiger partial charge on any atom is 0.325 e. The molecule has 1 atom stereocenters. The Bertz CT molecular complexity index is 1240. The van der Waals surface area contributed by atoms with Crippen LogP contribution in [0.3, 0.4) is 0 Å². The second kappa shape index (κ2) is 10.9. The number of benzene rings is 2. The van der Waals surface area contributed by atoms with Crippen molar-refractivity contribution in [3.63, 3.8) is 0 Å². The van der Waals surface area contributed by atoms with Gasteiger partial charge in [-0.1, -0.05) is 54.6 Å². The van der Waals surface area contributed by atoms with E-state index in [0.29, 0.717) is 19.4 Å². The van der Waals surface area contributed by atoms with E-state index in [1.54, 1.807) is 6.20 Å². The highest BCUT2D eigenvalue weighted by Gasteiger charge is 2.55. The molecule has 2 saturated heterocycles. The van der Waals surface area contributed by atoms with Gasteiger partial charge in [-0.25, -0.2) is 4.79 Å². The minimum absolute atomic E-state index is 0.0833. The molecule has 2 aliphatic heterocycles. The van der Waals surface area contributed by atoms with Crippen LogP contribution in [0.5, 0.6) is 0 Å². The normalized spacial score (nSPS) is 20.9. The highest BCUT2D eigenvalue weighted by molar-refractivity contribution is 6.07. The summed E-state index contributed by atoms with van der Waals surface area (Å²) in [5, 5.41) is 3.20. The lowest BCUT2D eigenvalue weighted by Gasteiger charge is -2.41. The highest BCUT2D eigenvalue weighted by atomic mass is 16.2. The Kier molecular flexibility index (Phi) is 7.38. The van der Waals surface area contributed by atoms with Crippen molar-refractivity contribution in [1.82, 2.24) is 20.1 Å². The molecule has 0 saturated carbocycles. The zero-order valence-corrected chi connectivity index (χ0v) is 21.8. The predicted octanol–water partition coefficient (Wildman–Crippen LogP) is 4.69. The van der Waals surface area contributed by atoms with Gasteiger partial charge in [0.05, 0.1) is 0 Å². The molecular formula is C31H36N4O2. The third kappa shape index (κ3) is 5.44. The summed E-state index contributed by atoms with van der Waals surface area (Å²) in [6.07, 6.45) is 4.55. The van der Waals surface area contributed by atoms with Crippen LogP contribution in [0.15, 0.2) is 72.9 Å². The lowest BCUT2D eigenvalue weighted by Crippen LogP contribution is -2.57. The molecule has 1 aromatic heterocycles. The number of nitrogens with one attached hydrogen (secondary N) is 1. The zero-order chi connectivity index (χ0) is 25.8. The molecule has 192 valence electrons. The van der Waals surface area contributed by atoms with E-state index in [-0.39, 0.29) is 17.9 Å². The van der Waals surface area contributed by atoms with Gasteiger partial charge in [0.1, 0.15) is 5.54 Å². The number of pyridine rings is 1. The van der Waals surface area contributed by atoms with Gasteiger partial charge in [-0.15, -0.1) is 0 Å². The van der Waals surface area contributed by atoms with Crippen LogP contribution >= 0.6 is 0 Å². The quantitative estimate of drug-likeness (QED) is 0.460. The fourth-order valence-corrected chi connectivity index (χ4v) is 5.82. The first-order valence-corrected chi connectivity index (χ1v) is 13.3. The number of carbonyl (C=O) groups is 2. The molecule has 3 amide bonds. The van der Waals surface area contributed by atoms with Gasteiger partial charge in [-0.2, -0.15) is 0 Å². The Hall–Kier alpha value is -3.51. The molecule has 0 unspecified atom stereocenters. The van der Waals surface area contributed by atoms with Crippen LogP contribution in [0.1, 0.15) is 40.8 Å². The maximum absolute atomic E-state index is 14.0. The topological polar surface area (TPSA) is 65.5 Å². The second-order valence-electron chi connectivity index (χ2n) is 10.6. The Morgan fingerprint density at radius 1 is 0.919 bits per heavy atom. The molecular weight excluding hydrogens is 460 g/mol. The molecule has 37 heavy (non-hydrogen) atoms. The Balaban J connectivity index is 1.32. The molecule has 5 rings (SSSR count). The fraction of sp³-hybridized carbons (Fsp3) is 0.387. The van der Waals surface area contributed by atoms with E-state index < -0.39 is 5.54 Å². The van der Waals surface area contributed by atoms with Gasteiger partial charge in [0.25, 0.3) is 5.91 Å². The van der Waals surface area contributed by atoms with E-state index in [4.69, 9.17) is 0 Å². The van der Waals surface area contributed by atoms with Crippen molar-refractivity contribution in [1.29, 1.82) is 0 Å². The first-order valence-electron chi connectivity index (χ1n) is 13.3. The van der Waals surface area contributed by atoms with Crippen LogP contribution in [-0.2, 0) is 24.2 Å². The van der Waals surface area contributed by atoms with Crippen molar-refractivity contribution in [2.24, 2.45) is 5.92 Å². The first-order chi connectivity index (χ1) is 17.9. The molecule has 2 aromatic carbocycles. The molecule has 0 aliphatic carbocycles. The summed E-state index contributed by atoms with van der Waals surface area (Å²) in [5.41, 5.74) is 5.00. The van der Waals surface area contributed by atoms with E-state index in [2.05, 4.69) is 47.2 Å². The largest absolute Gasteiger partial charge is 0.325 e. The number of nitrogens with zero attached hydrogens (tertiary/aromatic N) is 3. The standard InChI is InChI=1S/C31H36N4O2/c1-23-11-12-26(20-24(23)2)22-34-17-13-27(14-18-34)31(21-25-8-4-3-5-9-25)29(36)35(30(37)33-31)19-15-28-10-6-7-16-32-28/h3-12,16,20,27H,13-15,17-19,21-22H2,1-2H3,(H,33,37)/t31-/m1/s1. The number of aryl methyl sites for hydroxylation is 2. The molecule has 6 heteroatoms. The van der Waals surface area contributed by atoms with E-state index in [0.717, 1.165) is 43.7 Å². The summed E-state index contributed by atoms with van der Waals surface area (Å²) in [5.74, 6) is -0.00935. The number of likely N-dealkylation sites (tertiary alicyclic amines) is 1. The van der Waals surface area contributed by atoms with E-state index in [9.17, 15) is 9.59 Å². The monoisotopic (exact) mass is 496 g/mol. The number of piperidine rings is 1. The van der Waals surface area contributed by atoms with E-state index in [1.807, 2.05) is 48.5 Å². The van der Waals surface area contributed by atoms with Crippen LogP contribution in [0.25, 0.3) is 0 Å². The first kappa shape index (κ1) is 25.2. The van der Waals surface area contributed by atoms with Crippen LogP contribution in [-0.4, -0.2) is 51.9 Å². The van der Waals surface area contributed by atoms with Gasteiger partial charge in [-0.3, -0.25) is 19.6 Å². The highest BCUT2D eigenvalue weighted by Crippen LogP contribution is 2.37. The van der Waals surface area contributed by atoms with Crippen molar-refractivity contribution in [3.05, 3.63) is 101 Å². The summed E-state index contributed by atoms with van der Waals surface area (Å²) >= 11 is 0. The lowest BCUT2D eigenvalue weighted by atomic mass is 9.74. The molecule has 2 fully saturated rings. The smallest absolute Gasteiger partial charge is 0.322 e. The average Bonchev–Trinajstić information content (AvgIpc) is 3.15.